The summed E-state index contributed by atoms with van der Waals surface area (Å²) in [6, 6.07) is 14.3. The van der Waals surface area contributed by atoms with Crippen LogP contribution in [0.5, 0.6) is 0 Å². The summed E-state index contributed by atoms with van der Waals surface area (Å²) < 4.78 is 37.9. The number of aryl methyl sites for hydroxylation is 2. The number of carbonyl (C=O) groups excluding carboxylic acids is 1. The van der Waals surface area contributed by atoms with Crippen molar-refractivity contribution in [1.29, 1.82) is 0 Å². The number of hydrogen-bond donors (Lipinski definition) is 2. The van der Waals surface area contributed by atoms with E-state index in [1.807, 2.05) is 6.07 Å². The lowest BCUT2D eigenvalue weighted by Gasteiger charge is -2.10. The number of thiophene rings is 1. The van der Waals surface area contributed by atoms with Gasteiger partial charge in [0.2, 0.25) is 0 Å². The molecule has 0 unspecified atom stereocenters. The highest BCUT2D eigenvalue weighted by molar-refractivity contribution is 7.89. The molecule has 0 spiro atoms. The first-order valence-corrected chi connectivity index (χ1v) is 10.3. The van der Waals surface area contributed by atoms with Crippen molar-refractivity contribution >= 4 is 27.3 Å². The SMILES string of the molecule is Cc1ccc(C)c(S(=O)(=O)NNC(=O)c2ccc(-c3ccc(F)cc3)s2)c1. The maximum Gasteiger partial charge on any atom is 0.276 e. The molecule has 0 aliphatic heterocycles. The van der Waals surface area contributed by atoms with Crippen LogP contribution >= 0.6 is 11.3 Å². The van der Waals surface area contributed by atoms with Gasteiger partial charge in [0.05, 0.1) is 9.77 Å². The topological polar surface area (TPSA) is 75.3 Å². The number of rotatable bonds is 5. The third kappa shape index (κ3) is 4.41. The predicted molar refractivity (Wildman–Crippen MR) is 103 cm³/mol. The Kier molecular flexibility index (Phi) is 5.41. The van der Waals surface area contributed by atoms with Gasteiger partial charge in [0.1, 0.15) is 5.82 Å². The van der Waals surface area contributed by atoms with Crippen LogP contribution in [0.1, 0.15) is 20.8 Å². The Labute approximate surface area is 160 Å². The molecule has 27 heavy (non-hydrogen) atoms. The van der Waals surface area contributed by atoms with Gasteiger partial charge in [-0.1, -0.05) is 24.3 Å². The average Bonchev–Trinajstić information content (AvgIpc) is 3.12. The van der Waals surface area contributed by atoms with Crippen LogP contribution in [-0.4, -0.2) is 14.3 Å². The van der Waals surface area contributed by atoms with Gasteiger partial charge in [-0.2, -0.15) is 0 Å². The zero-order valence-electron chi connectivity index (χ0n) is 14.6. The number of nitrogens with one attached hydrogen (secondary N) is 2. The normalized spacial score (nSPS) is 11.4. The number of sulfonamides is 1. The molecule has 1 amide bonds. The van der Waals surface area contributed by atoms with Crippen LogP contribution < -0.4 is 10.3 Å². The molecule has 0 radical (unpaired) electrons. The lowest BCUT2D eigenvalue weighted by Crippen LogP contribution is -2.41. The van der Waals surface area contributed by atoms with E-state index in [9.17, 15) is 17.6 Å². The largest absolute Gasteiger partial charge is 0.276 e. The number of amides is 1. The molecule has 5 nitrogen and oxygen atoms in total. The van der Waals surface area contributed by atoms with E-state index in [1.165, 1.54) is 23.5 Å². The molecule has 0 atom stereocenters. The molecule has 0 aliphatic rings. The van der Waals surface area contributed by atoms with Crippen LogP contribution in [0.4, 0.5) is 4.39 Å². The van der Waals surface area contributed by atoms with Crippen LogP contribution in [0.3, 0.4) is 0 Å². The molecule has 0 saturated heterocycles. The summed E-state index contributed by atoms with van der Waals surface area (Å²) in [6.45, 7) is 3.48. The highest BCUT2D eigenvalue weighted by atomic mass is 32.2. The highest BCUT2D eigenvalue weighted by Gasteiger charge is 2.19. The summed E-state index contributed by atoms with van der Waals surface area (Å²) in [6.07, 6.45) is 0. The number of carbonyl (C=O) groups is 1. The Morgan fingerprint density at radius 3 is 2.41 bits per heavy atom. The van der Waals surface area contributed by atoms with Gasteiger partial charge in [-0.3, -0.25) is 10.2 Å². The highest BCUT2D eigenvalue weighted by Crippen LogP contribution is 2.28. The van der Waals surface area contributed by atoms with Gasteiger partial charge in [-0.05, 0) is 60.9 Å². The van der Waals surface area contributed by atoms with Gasteiger partial charge < -0.3 is 0 Å². The fraction of sp³-hybridized carbons (Fsp3) is 0.105. The Morgan fingerprint density at radius 1 is 1.00 bits per heavy atom. The van der Waals surface area contributed by atoms with Crippen molar-refractivity contribution in [3.8, 4) is 10.4 Å². The van der Waals surface area contributed by atoms with E-state index in [0.717, 1.165) is 16.0 Å². The van der Waals surface area contributed by atoms with Crippen molar-refractivity contribution in [3.05, 3.63) is 76.4 Å². The van der Waals surface area contributed by atoms with Gasteiger partial charge in [0.25, 0.3) is 15.9 Å². The minimum atomic E-state index is -3.89. The zero-order valence-corrected chi connectivity index (χ0v) is 16.2. The van der Waals surface area contributed by atoms with Gasteiger partial charge in [-0.15, -0.1) is 16.2 Å². The van der Waals surface area contributed by atoms with Crippen LogP contribution in [0, 0.1) is 19.7 Å². The summed E-state index contributed by atoms with van der Waals surface area (Å²) in [5.41, 5.74) is 4.39. The monoisotopic (exact) mass is 404 g/mol. The van der Waals surface area contributed by atoms with Gasteiger partial charge in [-0.25, -0.2) is 12.8 Å². The molecule has 1 heterocycles. The summed E-state index contributed by atoms with van der Waals surface area (Å²) in [5, 5.41) is 0. The second kappa shape index (κ2) is 7.59. The van der Waals surface area contributed by atoms with E-state index in [-0.39, 0.29) is 10.7 Å². The molecule has 0 saturated carbocycles. The molecule has 3 rings (SSSR count). The molecular formula is C19H17FN2O3S2. The smallest absolute Gasteiger partial charge is 0.273 e. The van der Waals surface area contributed by atoms with Gasteiger partial charge >= 0.3 is 0 Å². The van der Waals surface area contributed by atoms with Crippen molar-refractivity contribution in [1.82, 2.24) is 10.3 Å². The van der Waals surface area contributed by atoms with Crippen LogP contribution in [0.2, 0.25) is 0 Å². The van der Waals surface area contributed by atoms with Crippen molar-refractivity contribution in [2.45, 2.75) is 18.7 Å². The second-order valence-corrected chi connectivity index (χ2v) is 8.73. The Balaban J connectivity index is 1.72. The number of halogens is 1. The summed E-state index contributed by atoms with van der Waals surface area (Å²) in [4.78, 5) is 15.6. The Hall–Kier alpha value is -2.55. The van der Waals surface area contributed by atoms with Crippen molar-refractivity contribution < 1.29 is 17.6 Å². The first-order valence-electron chi connectivity index (χ1n) is 8.01. The zero-order chi connectivity index (χ0) is 19.6. The van der Waals surface area contributed by atoms with E-state index in [4.69, 9.17) is 0 Å². The molecular weight excluding hydrogens is 387 g/mol. The Bertz CT molecular complexity index is 1090. The first-order chi connectivity index (χ1) is 12.8. The third-order valence-corrected chi connectivity index (χ3v) is 6.41. The van der Waals surface area contributed by atoms with Crippen molar-refractivity contribution in [2.75, 3.05) is 0 Å². The lowest BCUT2D eigenvalue weighted by atomic mass is 10.2. The lowest BCUT2D eigenvalue weighted by molar-refractivity contribution is 0.0949. The summed E-state index contributed by atoms with van der Waals surface area (Å²) in [7, 11) is -3.89. The van der Waals surface area contributed by atoms with E-state index in [2.05, 4.69) is 10.3 Å². The molecule has 0 bridgehead atoms. The Morgan fingerprint density at radius 2 is 1.70 bits per heavy atom. The number of hydrogen-bond acceptors (Lipinski definition) is 4. The van der Waals surface area contributed by atoms with E-state index in [1.54, 1.807) is 50.2 Å². The minimum Gasteiger partial charge on any atom is -0.273 e. The van der Waals surface area contributed by atoms with Crippen LogP contribution in [0.15, 0.2) is 59.5 Å². The average molecular weight is 404 g/mol. The van der Waals surface area contributed by atoms with Crippen LogP contribution in [0.25, 0.3) is 10.4 Å². The van der Waals surface area contributed by atoms with Gasteiger partial charge in [0.15, 0.2) is 0 Å². The van der Waals surface area contributed by atoms with Crippen molar-refractivity contribution in [3.63, 3.8) is 0 Å². The van der Waals surface area contributed by atoms with Crippen LogP contribution in [-0.2, 0) is 10.0 Å². The maximum atomic E-state index is 13.0. The summed E-state index contributed by atoms with van der Waals surface area (Å²) >= 11 is 1.18. The second-order valence-electron chi connectivity index (χ2n) is 6.00. The fourth-order valence-corrected chi connectivity index (χ4v) is 4.53. The number of hydrazine groups is 1. The first kappa shape index (κ1) is 19.2. The van der Waals surface area contributed by atoms with Gasteiger partial charge in [0, 0.05) is 4.88 Å². The minimum absolute atomic E-state index is 0.112. The molecule has 140 valence electrons. The summed E-state index contributed by atoms with van der Waals surface area (Å²) in [5.74, 6) is -0.906. The third-order valence-electron chi connectivity index (χ3n) is 3.89. The molecule has 0 aliphatic carbocycles. The predicted octanol–water partition coefficient (Wildman–Crippen LogP) is 3.79. The van der Waals surface area contributed by atoms with E-state index < -0.39 is 15.9 Å². The molecule has 8 heteroatoms. The quantitative estimate of drug-likeness (QED) is 0.635. The standard InChI is InChI=1S/C19H17FN2O3S2/c1-12-3-4-13(2)18(11-12)27(24,25)22-21-19(23)17-10-9-16(26-17)14-5-7-15(20)8-6-14/h3-11,22H,1-2H3,(H,21,23). The van der Waals surface area contributed by atoms with E-state index >= 15 is 0 Å². The van der Waals surface area contributed by atoms with Crippen molar-refractivity contribution in [2.24, 2.45) is 0 Å². The fourth-order valence-electron chi connectivity index (χ4n) is 2.46. The molecule has 0 fully saturated rings. The molecule has 2 aromatic carbocycles. The number of benzene rings is 2. The molecule has 1 aromatic heterocycles. The molecule has 3 aromatic rings. The molecule has 2 N–H and O–H groups in total. The van der Waals surface area contributed by atoms with E-state index in [0.29, 0.717) is 10.4 Å². The maximum absolute atomic E-state index is 13.0.